The maximum atomic E-state index is 4.56. The van der Waals surface area contributed by atoms with Crippen molar-refractivity contribution in [2.75, 3.05) is 0 Å². The van der Waals surface area contributed by atoms with Crippen molar-refractivity contribution >= 4 is 27.1 Å². The monoisotopic (exact) mass is 291 g/mol. The van der Waals surface area contributed by atoms with Crippen molar-refractivity contribution < 1.29 is 0 Å². The zero-order valence-corrected chi connectivity index (χ0v) is 13.3. The summed E-state index contributed by atoms with van der Waals surface area (Å²) < 4.78 is 3.83. The van der Waals surface area contributed by atoms with Gasteiger partial charge in [0.2, 0.25) is 0 Å². The van der Waals surface area contributed by atoms with Gasteiger partial charge in [-0.05, 0) is 0 Å². The van der Waals surface area contributed by atoms with E-state index in [1.165, 1.54) is 28.0 Å². The molecule has 6 heteroatoms. The minimum atomic E-state index is 0.965. The molecule has 0 aromatic carbocycles. The standard InChI is InChI=1S/C10H14N4S.Ga.H/c1-3-5-8-9(15)10(12-13(8)2)14-7-4-6-11-14;;/h4,6-7,15H,3,5H2,1-2H3;;/q;+1;/p-1. The summed E-state index contributed by atoms with van der Waals surface area (Å²) in [7, 11) is 3.87. The average molecular weight is 292 g/mol. The van der Waals surface area contributed by atoms with E-state index < -0.39 is 0 Å². The molecule has 0 unspecified atom stereocenters. The molecule has 0 N–H and O–H groups in total. The zero-order valence-electron chi connectivity index (χ0n) is 9.55. The zero-order chi connectivity index (χ0) is 11.5. The van der Waals surface area contributed by atoms with Crippen molar-refractivity contribution in [3.8, 4) is 5.82 Å². The fourth-order valence-corrected chi connectivity index (χ4v) is 4.25. The van der Waals surface area contributed by atoms with Crippen LogP contribution in [-0.4, -0.2) is 36.9 Å². The molecule has 0 saturated carbocycles. The summed E-state index contributed by atoms with van der Waals surface area (Å²) in [4.78, 5) is 1.29. The second-order valence-corrected chi connectivity index (χ2v) is 6.08. The van der Waals surface area contributed by atoms with E-state index in [1.807, 2.05) is 38.4 Å². The van der Waals surface area contributed by atoms with Gasteiger partial charge in [-0.3, -0.25) is 0 Å². The van der Waals surface area contributed by atoms with Gasteiger partial charge in [0, 0.05) is 0 Å². The number of aryl methyl sites for hydroxylation is 1. The van der Waals surface area contributed by atoms with Gasteiger partial charge in [0.25, 0.3) is 0 Å². The molecular formula is C10H14GaN4S. The Hall–Kier alpha value is -0.594. The SMILES string of the molecule is CCCc1c([S][GaH])c(-n2cccn2)nn1C. The molecule has 0 saturated heterocycles. The Bertz CT molecular complexity index is 463. The van der Waals surface area contributed by atoms with Crippen LogP contribution in [0.4, 0.5) is 0 Å². The van der Waals surface area contributed by atoms with Crippen LogP contribution < -0.4 is 0 Å². The maximum absolute atomic E-state index is 4.56. The first-order valence-corrected chi connectivity index (χ1v) is 9.87. The van der Waals surface area contributed by atoms with E-state index in [1.54, 1.807) is 6.20 Å². The van der Waals surface area contributed by atoms with Gasteiger partial charge in [0.05, 0.1) is 0 Å². The van der Waals surface area contributed by atoms with Crippen LogP contribution in [0, 0.1) is 0 Å². The molecule has 83 valence electrons. The fourth-order valence-electron chi connectivity index (χ4n) is 1.73. The first kappa shape index (κ1) is 11.9. The van der Waals surface area contributed by atoms with Crippen molar-refractivity contribution in [1.29, 1.82) is 0 Å². The van der Waals surface area contributed by atoms with Gasteiger partial charge >= 0.3 is 108 Å². The molecule has 0 bridgehead atoms. The fraction of sp³-hybridized carbons (Fsp3) is 0.400. The Morgan fingerprint density at radius 3 is 2.88 bits per heavy atom. The molecule has 0 spiro atoms. The van der Waals surface area contributed by atoms with Gasteiger partial charge in [-0.25, -0.2) is 0 Å². The van der Waals surface area contributed by atoms with Gasteiger partial charge in [-0.1, -0.05) is 0 Å². The van der Waals surface area contributed by atoms with Crippen LogP contribution in [0.2, 0.25) is 0 Å². The van der Waals surface area contributed by atoms with E-state index in [-0.39, 0.29) is 0 Å². The van der Waals surface area contributed by atoms with E-state index >= 15 is 0 Å². The van der Waals surface area contributed by atoms with Crippen LogP contribution in [0.5, 0.6) is 0 Å². The summed E-state index contributed by atoms with van der Waals surface area (Å²) in [6.07, 6.45) is 5.95. The molecule has 0 aliphatic carbocycles. The van der Waals surface area contributed by atoms with Crippen LogP contribution in [-0.2, 0) is 13.5 Å². The molecule has 16 heavy (non-hydrogen) atoms. The predicted octanol–water partition coefficient (Wildman–Crippen LogP) is 1.47. The molecule has 2 aromatic rings. The van der Waals surface area contributed by atoms with Gasteiger partial charge < -0.3 is 0 Å². The van der Waals surface area contributed by atoms with Crippen LogP contribution in [0.25, 0.3) is 5.82 Å². The van der Waals surface area contributed by atoms with E-state index in [2.05, 4.69) is 17.1 Å². The van der Waals surface area contributed by atoms with Gasteiger partial charge in [-0.15, -0.1) is 0 Å². The Labute approximate surface area is 108 Å². The molecule has 0 aliphatic rings. The minimum absolute atomic E-state index is 0.965. The molecule has 2 aromatic heterocycles. The van der Waals surface area contributed by atoms with Crippen molar-refractivity contribution in [1.82, 2.24) is 19.6 Å². The quantitative estimate of drug-likeness (QED) is 0.801. The number of aromatic nitrogens is 4. The topological polar surface area (TPSA) is 35.6 Å². The number of nitrogens with zero attached hydrogens (tertiary/aromatic N) is 4. The predicted molar refractivity (Wildman–Crippen MR) is 67.3 cm³/mol. The van der Waals surface area contributed by atoms with Gasteiger partial charge in [-0.2, -0.15) is 0 Å². The van der Waals surface area contributed by atoms with Gasteiger partial charge in [0.15, 0.2) is 0 Å². The summed E-state index contributed by atoms with van der Waals surface area (Å²) in [5.74, 6) is 0.965. The molecule has 2 heterocycles. The summed E-state index contributed by atoms with van der Waals surface area (Å²) in [5, 5.41) is 8.81. The molecule has 0 aliphatic heterocycles. The van der Waals surface area contributed by atoms with E-state index in [4.69, 9.17) is 0 Å². The van der Waals surface area contributed by atoms with Crippen LogP contribution in [0.3, 0.4) is 0 Å². The van der Waals surface area contributed by atoms with Crippen LogP contribution >= 0.6 is 9.70 Å². The Kier molecular flexibility index (Phi) is 3.83. The normalized spacial score (nSPS) is 10.9. The van der Waals surface area contributed by atoms with Crippen LogP contribution in [0.15, 0.2) is 23.4 Å². The summed E-state index contributed by atoms with van der Waals surface area (Å²) in [6.45, 7) is 2.20. The molecule has 0 fully saturated rings. The van der Waals surface area contributed by atoms with Crippen LogP contribution in [0.1, 0.15) is 19.0 Å². The average Bonchev–Trinajstić information content (AvgIpc) is 2.88. The third-order valence-electron chi connectivity index (χ3n) is 2.45. The third kappa shape index (κ3) is 2.09. The first-order chi connectivity index (χ1) is 7.77. The molecular weight excluding hydrogens is 278 g/mol. The molecule has 1 radical (unpaired) electrons. The van der Waals surface area contributed by atoms with Gasteiger partial charge in [0.1, 0.15) is 0 Å². The Balaban J connectivity index is 2.50. The molecule has 4 nitrogen and oxygen atoms in total. The Morgan fingerprint density at radius 1 is 1.50 bits per heavy atom. The summed E-state index contributed by atoms with van der Waals surface area (Å²) >= 11 is 1.18. The summed E-state index contributed by atoms with van der Waals surface area (Å²) in [5.41, 5.74) is 1.32. The second-order valence-electron chi connectivity index (χ2n) is 3.57. The second kappa shape index (κ2) is 5.16. The van der Waals surface area contributed by atoms with Crippen molar-refractivity contribution in [3.63, 3.8) is 0 Å². The number of rotatable bonds is 4. The van der Waals surface area contributed by atoms with E-state index in [0.29, 0.717) is 0 Å². The Morgan fingerprint density at radius 2 is 2.31 bits per heavy atom. The number of hydrogen-bond donors (Lipinski definition) is 0. The first-order valence-electron chi connectivity index (χ1n) is 5.25. The van der Waals surface area contributed by atoms with Crippen molar-refractivity contribution in [3.05, 3.63) is 24.2 Å². The van der Waals surface area contributed by atoms with Crippen molar-refractivity contribution in [2.24, 2.45) is 7.05 Å². The molecule has 2 rings (SSSR count). The molecule has 0 atom stereocenters. The summed E-state index contributed by atoms with van der Waals surface area (Å²) in [6, 6.07) is 1.93. The molecule has 0 amide bonds. The van der Waals surface area contributed by atoms with E-state index in [9.17, 15) is 0 Å². The van der Waals surface area contributed by atoms with E-state index in [0.717, 1.165) is 18.7 Å². The number of hydrogen-bond acceptors (Lipinski definition) is 3. The van der Waals surface area contributed by atoms with Crippen molar-refractivity contribution in [2.45, 2.75) is 24.7 Å². The third-order valence-corrected chi connectivity index (χ3v) is 4.98.